The molecule has 2 rings (SSSR count). The Morgan fingerprint density at radius 1 is 1.35 bits per heavy atom. The third-order valence-corrected chi connectivity index (χ3v) is 4.56. The Hall–Kier alpha value is -0.120. The highest BCUT2D eigenvalue weighted by molar-refractivity contribution is 4.82. The molecule has 2 fully saturated rings. The van der Waals surface area contributed by atoms with E-state index in [2.05, 4.69) is 11.8 Å². The first kappa shape index (κ1) is 13.3. The molecule has 17 heavy (non-hydrogen) atoms. The van der Waals surface area contributed by atoms with E-state index in [-0.39, 0.29) is 0 Å². The molecule has 100 valence electrons. The van der Waals surface area contributed by atoms with Gasteiger partial charge in [-0.25, -0.2) is 0 Å². The van der Waals surface area contributed by atoms with E-state index in [4.69, 9.17) is 10.5 Å². The standard InChI is InChI=1S/C14H28N2O/c1-2-12-5-7-16(13(10-12)11-15)8-6-14-4-3-9-17-14/h12-14H,2-11,15H2,1H3. The van der Waals surface area contributed by atoms with Crippen molar-refractivity contribution in [1.82, 2.24) is 4.90 Å². The first-order chi connectivity index (χ1) is 8.33. The molecule has 3 heteroatoms. The molecule has 3 atom stereocenters. The molecule has 2 saturated heterocycles. The molecule has 2 heterocycles. The number of piperidine rings is 1. The predicted molar refractivity (Wildman–Crippen MR) is 71.0 cm³/mol. The zero-order valence-corrected chi connectivity index (χ0v) is 11.2. The van der Waals surface area contributed by atoms with E-state index in [0.717, 1.165) is 19.1 Å². The number of rotatable bonds is 5. The van der Waals surface area contributed by atoms with Crippen LogP contribution < -0.4 is 5.73 Å². The molecule has 2 aliphatic heterocycles. The Kier molecular flexibility index (Phi) is 5.26. The Morgan fingerprint density at radius 2 is 2.24 bits per heavy atom. The van der Waals surface area contributed by atoms with Crippen LogP contribution in [-0.2, 0) is 4.74 Å². The fourth-order valence-corrected chi connectivity index (χ4v) is 3.27. The lowest BCUT2D eigenvalue weighted by atomic mass is 9.88. The molecule has 2 aliphatic rings. The lowest BCUT2D eigenvalue weighted by Gasteiger charge is -2.39. The fraction of sp³-hybridized carbons (Fsp3) is 1.00. The molecule has 0 aliphatic carbocycles. The van der Waals surface area contributed by atoms with Gasteiger partial charge in [-0.05, 0) is 44.6 Å². The summed E-state index contributed by atoms with van der Waals surface area (Å²) in [6.45, 7) is 6.53. The second kappa shape index (κ2) is 6.72. The molecular weight excluding hydrogens is 212 g/mol. The van der Waals surface area contributed by atoms with Gasteiger partial charge in [0, 0.05) is 25.7 Å². The molecule has 3 unspecified atom stereocenters. The van der Waals surface area contributed by atoms with E-state index in [9.17, 15) is 0 Å². The Morgan fingerprint density at radius 3 is 2.88 bits per heavy atom. The summed E-state index contributed by atoms with van der Waals surface area (Å²) in [5, 5.41) is 0. The molecule has 0 aromatic carbocycles. The summed E-state index contributed by atoms with van der Waals surface area (Å²) in [5.41, 5.74) is 5.92. The van der Waals surface area contributed by atoms with Gasteiger partial charge >= 0.3 is 0 Å². The Labute approximate surface area is 106 Å². The number of likely N-dealkylation sites (tertiary alicyclic amines) is 1. The fourth-order valence-electron chi connectivity index (χ4n) is 3.27. The van der Waals surface area contributed by atoms with Crippen LogP contribution in [0.2, 0.25) is 0 Å². The van der Waals surface area contributed by atoms with Gasteiger partial charge in [0.25, 0.3) is 0 Å². The van der Waals surface area contributed by atoms with Gasteiger partial charge in [-0.15, -0.1) is 0 Å². The summed E-state index contributed by atoms with van der Waals surface area (Å²) in [4.78, 5) is 2.60. The van der Waals surface area contributed by atoms with Crippen LogP contribution in [0.3, 0.4) is 0 Å². The molecule has 0 radical (unpaired) electrons. The van der Waals surface area contributed by atoms with Crippen LogP contribution in [-0.4, -0.2) is 43.3 Å². The second-order valence-corrected chi connectivity index (χ2v) is 5.65. The molecule has 0 aromatic heterocycles. The number of hydrogen-bond donors (Lipinski definition) is 1. The van der Waals surface area contributed by atoms with E-state index in [1.165, 1.54) is 51.6 Å². The monoisotopic (exact) mass is 240 g/mol. The maximum atomic E-state index is 5.92. The summed E-state index contributed by atoms with van der Waals surface area (Å²) < 4.78 is 5.70. The topological polar surface area (TPSA) is 38.5 Å². The minimum atomic E-state index is 0.525. The zero-order chi connectivity index (χ0) is 12.1. The largest absolute Gasteiger partial charge is 0.378 e. The van der Waals surface area contributed by atoms with Gasteiger partial charge in [0.2, 0.25) is 0 Å². The summed E-state index contributed by atoms with van der Waals surface area (Å²) in [5.74, 6) is 0.905. The van der Waals surface area contributed by atoms with Crippen molar-refractivity contribution < 1.29 is 4.74 Å². The Balaban J connectivity index is 1.74. The molecule has 3 nitrogen and oxygen atoms in total. The predicted octanol–water partition coefficient (Wildman–Crippen LogP) is 2.00. The van der Waals surface area contributed by atoms with Crippen LogP contribution in [0.4, 0.5) is 0 Å². The van der Waals surface area contributed by atoms with Crippen molar-refractivity contribution in [3.63, 3.8) is 0 Å². The number of nitrogens with two attached hydrogens (primary N) is 1. The van der Waals surface area contributed by atoms with Gasteiger partial charge < -0.3 is 10.5 Å². The highest BCUT2D eigenvalue weighted by Gasteiger charge is 2.27. The van der Waals surface area contributed by atoms with E-state index < -0.39 is 0 Å². The van der Waals surface area contributed by atoms with Crippen LogP contribution in [0.15, 0.2) is 0 Å². The van der Waals surface area contributed by atoms with Crippen molar-refractivity contribution in [2.75, 3.05) is 26.2 Å². The third kappa shape index (κ3) is 3.67. The summed E-state index contributed by atoms with van der Waals surface area (Å²) in [6, 6.07) is 0.620. The number of nitrogens with zero attached hydrogens (tertiary/aromatic N) is 1. The molecule has 0 saturated carbocycles. The second-order valence-electron chi connectivity index (χ2n) is 5.65. The van der Waals surface area contributed by atoms with Crippen LogP contribution in [0.5, 0.6) is 0 Å². The number of ether oxygens (including phenoxy) is 1. The average Bonchev–Trinajstić information content (AvgIpc) is 2.89. The third-order valence-electron chi connectivity index (χ3n) is 4.56. The van der Waals surface area contributed by atoms with Crippen LogP contribution in [0.1, 0.15) is 45.4 Å². The van der Waals surface area contributed by atoms with Gasteiger partial charge in [0.15, 0.2) is 0 Å². The normalized spacial score (nSPS) is 35.3. The van der Waals surface area contributed by atoms with Crippen molar-refractivity contribution in [3.8, 4) is 0 Å². The summed E-state index contributed by atoms with van der Waals surface area (Å²) >= 11 is 0. The molecule has 2 N–H and O–H groups in total. The highest BCUT2D eigenvalue weighted by Crippen LogP contribution is 2.26. The van der Waals surface area contributed by atoms with E-state index in [1.54, 1.807) is 0 Å². The smallest absolute Gasteiger partial charge is 0.0588 e. The van der Waals surface area contributed by atoms with Crippen molar-refractivity contribution >= 4 is 0 Å². The minimum Gasteiger partial charge on any atom is -0.378 e. The highest BCUT2D eigenvalue weighted by atomic mass is 16.5. The lowest BCUT2D eigenvalue weighted by molar-refractivity contribution is 0.0664. The van der Waals surface area contributed by atoms with Crippen molar-refractivity contribution in [2.45, 2.75) is 57.6 Å². The van der Waals surface area contributed by atoms with E-state index in [0.29, 0.717) is 12.1 Å². The number of hydrogen-bond acceptors (Lipinski definition) is 3. The van der Waals surface area contributed by atoms with Gasteiger partial charge in [0.05, 0.1) is 6.10 Å². The zero-order valence-electron chi connectivity index (χ0n) is 11.2. The first-order valence-electron chi connectivity index (χ1n) is 7.39. The van der Waals surface area contributed by atoms with Crippen LogP contribution >= 0.6 is 0 Å². The molecule has 0 spiro atoms. The maximum Gasteiger partial charge on any atom is 0.0588 e. The van der Waals surface area contributed by atoms with E-state index >= 15 is 0 Å². The SMILES string of the molecule is CCC1CCN(CCC2CCCO2)C(CN)C1. The first-order valence-corrected chi connectivity index (χ1v) is 7.39. The molecule has 0 amide bonds. The van der Waals surface area contributed by atoms with Crippen LogP contribution in [0.25, 0.3) is 0 Å². The van der Waals surface area contributed by atoms with Gasteiger partial charge in [-0.3, -0.25) is 4.90 Å². The lowest BCUT2D eigenvalue weighted by Crippen LogP contribution is -2.47. The van der Waals surface area contributed by atoms with Crippen molar-refractivity contribution in [1.29, 1.82) is 0 Å². The van der Waals surface area contributed by atoms with Gasteiger partial charge in [-0.1, -0.05) is 13.3 Å². The Bertz CT molecular complexity index is 216. The molecular formula is C14H28N2O. The quantitative estimate of drug-likeness (QED) is 0.799. The van der Waals surface area contributed by atoms with Crippen molar-refractivity contribution in [3.05, 3.63) is 0 Å². The van der Waals surface area contributed by atoms with Crippen molar-refractivity contribution in [2.24, 2.45) is 11.7 Å². The average molecular weight is 240 g/mol. The molecule has 0 aromatic rings. The maximum absolute atomic E-state index is 5.92. The minimum absolute atomic E-state index is 0.525. The molecule has 0 bridgehead atoms. The van der Waals surface area contributed by atoms with Crippen LogP contribution in [0, 0.1) is 5.92 Å². The summed E-state index contributed by atoms with van der Waals surface area (Å²) in [6.07, 6.45) is 8.22. The van der Waals surface area contributed by atoms with E-state index in [1.807, 2.05) is 0 Å². The summed E-state index contributed by atoms with van der Waals surface area (Å²) in [7, 11) is 0. The van der Waals surface area contributed by atoms with Gasteiger partial charge in [0.1, 0.15) is 0 Å². The van der Waals surface area contributed by atoms with Gasteiger partial charge in [-0.2, -0.15) is 0 Å².